The van der Waals surface area contributed by atoms with E-state index in [0.717, 1.165) is 11.1 Å². The topological polar surface area (TPSA) is 79.6 Å². The molecule has 3 aromatic rings. The van der Waals surface area contributed by atoms with E-state index in [2.05, 4.69) is 15.4 Å². The van der Waals surface area contributed by atoms with E-state index in [4.69, 9.17) is 0 Å². The van der Waals surface area contributed by atoms with Crippen molar-refractivity contribution in [2.24, 2.45) is 0 Å². The largest absolute Gasteiger partial charge is 0.347 e. The van der Waals surface area contributed by atoms with Crippen LogP contribution in [0, 0.1) is 12.7 Å². The van der Waals surface area contributed by atoms with Gasteiger partial charge in [0.25, 0.3) is 5.91 Å². The van der Waals surface area contributed by atoms with Gasteiger partial charge in [-0.25, -0.2) is 13.9 Å². The average molecular weight is 381 g/mol. The van der Waals surface area contributed by atoms with Gasteiger partial charge >= 0.3 is 0 Å². The van der Waals surface area contributed by atoms with Gasteiger partial charge in [-0.3, -0.25) is 9.59 Å². The number of amides is 2. The van der Waals surface area contributed by atoms with Crippen LogP contribution in [0.3, 0.4) is 0 Å². The molecule has 1 fully saturated rings. The molecule has 7 nitrogen and oxygen atoms in total. The van der Waals surface area contributed by atoms with Crippen LogP contribution in [-0.2, 0) is 11.2 Å². The molecule has 28 heavy (non-hydrogen) atoms. The third-order valence-electron chi connectivity index (χ3n) is 4.86. The van der Waals surface area contributed by atoms with Crippen molar-refractivity contribution in [3.63, 3.8) is 0 Å². The Balaban J connectivity index is 1.37. The van der Waals surface area contributed by atoms with Gasteiger partial charge in [0, 0.05) is 31.9 Å². The summed E-state index contributed by atoms with van der Waals surface area (Å²) in [4.78, 5) is 30.9. The van der Waals surface area contributed by atoms with Crippen LogP contribution in [-0.4, -0.2) is 50.4 Å². The molecular weight excluding hydrogens is 361 g/mol. The quantitative estimate of drug-likeness (QED) is 0.730. The Labute approximate surface area is 161 Å². The third-order valence-corrected chi connectivity index (χ3v) is 4.86. The number of hydrogen-bond acceptors (Lipinski definition) is 4. The smallest absolute Gasteiger partial charge is 0.257 e. The number of aromatic nitrogens is 3. The van der Waals surface area contributed by atoms with E-state index in [9.17, 15) is 14.0 Å². The fraction of sp³-hybridized carbons (Fsp3) is 0.300. The number of carbonyl (C=O) groups is 2. The standard InChI is InChI=1S/C20H20FN5O2/c1-13-9-22-19-17(10-23-26(19)11-13)20(28)24-16-8-18(27)25(12-16)7-6-14-2-4-15(21)5-3-14/h2-5,9-11,16H,6-8,12H2,1H3,(H,24,28)/t16-/m0/s1. The van der Waals surface area contributed by atoms with Crippen molar-refractivity contribution in [1.82, 2.24) is 24.8 Å². The maximum atomic E-state index is 13.0. The van der Waals surface area contributed by atoms with E-state index >= 15 is 0 Å². The summed E-state index contributed by atoms with van der Waals surface area (Å²) >= 11 is 0. The Bertz CT molecular complexity index is 1030. The molecule has 1 atom stereocenters. The molecule has 1 aliphatic rings. The summed E-state index contributed by atoms with van der Waals surface area (Å²) in [6, 6.07) is 6.00. The highest BCUT2D eigenvalue weighted by molar-refractivity contribution is 6.00. The lowest BCUT2D eigenvalue weighted by atomic mass is 10.1. The molecule has 1 saturated heterocycles. The summed E-state index contributed by atoms with van der Waals surface area (Å²) in [5, 5.41) is 7.07. The van der Waals surface area contributed by atoms with Gasteiger partial charge in [-0.1, -0.05) is 12.1 Å². The van der Waals surface area contributed by atoms with Crippen molar-refractivity contribution in [3.8, 4) is 0 Å². The molecule has 0 spiro atoms. The SMILES string of the molecule is Cc1cnc2c(C(=O)N[C@H]3CC(=O)N(CCc4ccc(F)cc4)C3)cnn2c1. The highest BCUT2D eigenvalue weighted by atomic mass is 19.1. The second-order valence-corrected chi connectivity index (χ2v) is 7.05. The molecule has 0 bridgehead atoms. The lowest BCUT2D eigenvalue weighted by Gasteiger charge is -2.17. The Kier molecular flexibility index (Phi) is 4.77. The van der Waals surface area contributed by atoms with Crippen LogP contribution < -0.4 is 5.32 Å². The van der Waals surface area contributed by atoms with Crippen molar-refractivity contribution in [2.45, 2.75) is 25.8 Å². The van der Waals surface area contributed by atoms with E-state index in [0.29, 0.717) is 30.7 Å². The van der Waals surface area contributed by atoms with Crippen LogP contribution in [0.1, 0.15) is 27.9 Å². The number of hydrogen-bond donors (Lipinski definition) is 1. The molecule has 3 heterocycles. The maximum Gasteiger partial charge on any atom is 0.257 e. The molecule has 1 aromatic carbocycles. The molecule has 4 rings (SSSR count). The number of likely N-dealkylation sites (tertiary alicyclic amines) is 1. The number of nitrogens with one attached hydrogen (secondary N) is 1. The van der Waals surface area contributed by atoms with Crippen molar-refractivity contribution >= 4 is 17.5 Å². The molecule has 2 aromatic heterocycles. The minimum atomic E-state index is -0.287. The van der Waals surface area contributed by atoms with Crippen LogP contribution in [0.15, 0.2) is 42.9 Å². The zero-order valence-corrected chi connectivity index (χ0v) is 15.4. The van der Waals surface area contributed by atoms with Crippen molar-refractivity contribution in [1.29, 1.82) is 0 Å². The van der Waals surface area contributed by atoms with Crippen LogP contribution >= 0.6 is 0 Å². The van der Waals surface area contributed by atoms with Gasteiger partial charge in [0.1, 0.15) is 11.4 Å². The van der Waals surface area contributed by atoms with E-state index in [-0.39, 0.29) is 30.1 Å². The average Bonchev–Trinajstić information content (AvgIpc) is 3.24. The zero-order valence-electron chi connectivity index (χ0n) is 15.4. The van der Waals surface area contributed by atoms with Crippen molar-refractivity contribution in [2.75, 3.05) is 13.1 Å². The number of benzene rings is 1. The molecule has 2 amide bonds. The predicted molar refractivity (Wildman–Crippen MR) is 100 cm³/mol. The van der Waals surface area contributed by atoms with Gasteiger partial charge < -0.3 is 10.2 Å². The number of aryl methyl sites for hydroxylation is 1. The van der Waals surface area contributed by atoms with E-state index in [1.807, 2.05) is 6.92 Å². The molecule has 0 unspecified atom stereocenters. The number of rotatable bonds is 5. The van der Waals surface area contributed by atoms with E-state index in [1.54, 1.807) is 33.9 Å². The Morgan fingerprint density at radius 2 is 2.07 bits per heavy atom. The van der Waals surface area contributed by atoms with Crippen LogP contribution in [0.25, 0.3) is 5.65 Å². The first-order valence-corrected chi connectivity index (χ1v) is 9.12. The molecule has 8 heteroatoms. The first-order chi connectivity index (χ1) is 13.5. The molecule has 0 radical (unpaired) electrons. The van der Waals surface area contributed by atoms with Crippen molar-refractivity contribution < 1.29 is 14.0 Å². The van der Waals surface area contributed by atoms with Crippen LogP contribution in [0.4, 0.5) is 4.39 Å². The first-order valence-electron chi connectivity index (χ1n) is 9.12. The summed E-state index contributed by atoms with van der Waals surface area (Å²) < 4.78 is 14.5. The summed E-state index contributed by atoms with van der Waals surface area (Å²) in [5.41, 5.74) is 2.79. The molecule has 144 valence electrons. The Morgan fingerprint density at radius 1 is 1.29 bits per heavy atom. The maximum absolute atomic E-state index is 13.0. The summed E-state index contributed by atoms with van der Waals surface area (Å²) in [6.45, 7) is 2.89. The lowest BCUT2D eigenvalue weighted by molar-refractivity contribution is -0.127. The molecule has 1 N–H and O–H groups in total. The fourth-order valence-electron chi connectivity index (χ4n) is 3.39. The minimum Gasteiger partial charge on any atom is -0.347 e. The minimum absolute atomic E-state index is 0.000950. The van der Waals surface area contributed by atoms with Gasteiger partial charge in [-0.05, 0) is 36.6 Å². The van der Waals surface area contributed by atoms with Crippen LogP contribution in [0.5, 0.6) is 0 Å². The lowest BCUT2D eigenvalue weighted by Crippen LogP contribution is -2.37. The normalized spacial score (nSPS) is 16.7. The highest BCUT2D eigenvalue weighted by Crippen LogP contribution is 2.15. The van der Waals surface area contributed by atoms with E-state index < -0.39 is 0 Å². The molecular formula is C20H20FN5O2. The molecule has 0 aliphatic carbocycles. The number of carbonyl (C=O) groups excluding carboxylic acids is 2. The van der Waals surface area contributed by atoms with Crippen LogP contribution in [0.2, 0.25) is 0 Å². The Morgan fingerprint density at radius 3 is 2.86 bits per heavy atom. The van der Waals surface area contributed by atoms with Gasteiger partial charge in [0.15, 0.2) is 5.65 Å². The number of nitrogens with zero attached hydrogens (tertiary/aromatic N) is 4. The van der Waals surface area contributed by atoms with Gasteiger partial charge in [0.05, 0.1) is 12.2 Å². The summed E-state index contributed by atoms with van der Waals surface area (Å²) in [6.07, 6.45) is 5.88. The first kappa shape index (κ1) is 18.1. The molecule has 0 saturated carbocycles. The monoisotopic (exact) mass is 381 g/mol. The number of fused-ring (bicyclic) bond motifs is 1. The zero-order chi connectivity index (χ0) is 19.7. The van der Waals surface area contributed by atoms with Gasteiger partial charge in [0.2, 0.25) is 5.91 Å². The third kappa shape index (κ3) is 3.71. The van der Waals surface area contributed by atoms with Gasteiger partial charge in [-0.15, -0.1) is 0 Å². The summed E-state index contributed by atoms with van der Waals surface area (Å²) in [7, 11) is 0. The van der Waals surface area contributed by atoms with Gasteiger partial charge in [-0.2, -0.15) is 5.10 Å². The predicted octanol–water partition coefficient (Wildman–Crippen LogP) is 1.75. The van der Waals surface area contributed by atoms with Crippen molar-refractivity contribution in [3.05, 3.63) is 65.4 Å². The van der Waals surface area contributed by atoms with E-state index in [1.165, 1.54) is 18.3 Å². The highest BCUT2D eigenvalue weighted by Gasteiger charge is 2.31. The fourth-order valence-corrected chi connectivity index (χ4v) is 3.39. The Hall–Kier alpha value is -3.29. The number of halogens is 1. The molecule has 1 aliphatic heterocycles. The second-order valence-electron chi connectivity index (χ2n) is 7.05. The second kappa shape index (κ2) is 7.38. The summed E-state index contributed by atoms with van der Waals surface area (Å²) in [5.74, 6) is -0.563.